The summed E-state index contributed by atoms with van der Waals surface area (Å²) >= 11 is 0. The van der Waals surface area contributed by atoms with Gasteiger partial charge in [-0.15, -0.1) is 0 Å². The number of nitrogens with zero attached hydrogens (tertiary/aromatic N) is 3. The second-order valence-corrected chi connectivity index (χ2v) is 9.53. The highest BCUT2D eigenvalue weighted by molar-refractivity contribution is 6.05. The number of imide groups is 1. The Morgan fingerprint density at radius 2 is 1.86 bits per heavy atom. The third kappa shape index (κ3) is 5.03. The van der Waals surface area contributed by atoms with Crippen molar-refractivity contribution in [3.63, 3.8) is 0 Å². The Balaban J connectivity index is 1.74. The van der Waals surface area contributed by atoms with Gasteiger partial charge in [-0.1, -0.05) is 13.8 Å². The lowest BCUT2D eigenvalue weighted by Crippen LogP contribution is -2.46. The maximum Gasteiger partial charge on any atom is 0.417 e. The Kier molecular flexibility index (Phi) is 5.96. The maximum atomic E-state index is 12.9. The van der Waals surface area contributed by atoms with E-state index in [0.717, 1.165) is 11.6 Å². The van der Waals surface area contributed by atoms with Crippen LogP contribution in [-0.2, 0) is 9.53 Å². The minimum absolute atomic E-state index is 0.193. The molecule has 2 amide bonds. The van der Waals surface area contributed by atoms with Crippen LogP contribution in [0.25, 0.3) is 6.08 Å². The summed E-state index contributed by atoms with van der Waals surface area (Å²) in [5.74, 6) is 0.730. The number of hydrogen-bond acceptors (Lipinski definition) is 4. The molecule has 1 saturated heterocycles. The number of hydrogen-bond donors (Lipinski definition) is 0. The fourth-order valence-corrected chi connectivity index (χ4v) is 4.04. The fraction of sp³-hybridized carbons (Fsp3) is 0.682. The summed E-state index contributed by atoms with van der Waals surface area (Å²) in [6, 6.07) is 0.495. The summed E-state index contributed by atoms with van der Waals surface area (Å²) in [5.41, 5.74) is 0.769. The zero-order valence-electron chi connectivity index (χ0n) is 17.8. The Labute approximate surface area is 167 Å². The molecule has 1 aromatic heterocycles. The van der Waals surface area contributed by atoms with Crippen molar-refractivity contribution in [2.75, 3.05) is 6.54 Å². The fourth-order valence-electron chi connectivity index (χ4n) is 4.04. The molecular formula is C22H33N3O3. The number of carbonyl (C=O) groups is 2. The van der Waals surface area contributed by atoms with Gasteiger partial charge in [-0.05, 0) is 70.8 Å². The summed E-state index contributed by atoms with van der Waals surface area (Å²) in [4.78, 5) is 31.0. The zero-order valence-corrected chi connectivity index (χ0v) is 17.8. The first-order valence-electron chi connectivity index (χ1n) is 10.4. The van der Waals surface area contributed by atoms with Crippen LogP contribution in [0.3, 0.4) is 0 Å². The van der Waals surface area contributed by atoms with Crippen LogP contribution in [0.5, 0.6) is 0 Å². The van der Waals surface area contributed by atoms with Crippen molar-refractivity contribution in [3.05, 3.63) is 23.8 Å². The van der Waals surface area contributed by atoms with Gasteiger partial charge in [0.25, 0.3) is 5.91 Å². The minimum atomic E-state index is -0.627. The predicted octanol–water partition coefficient (Wildman–Crippen LogP) is 4.82. The Bertz CT molecular complexity index is 751. The zero-order chi connectivity index (χ0) is 20.5. The topological polar surface area (TPSA) is 64.4 Å². The summed E-state index contributed by atoms with van der Waals surface area (Å²) in [7, 11) is 0. The van der Waals surface area contributed by atoms with E-state index in [2.05, 4.69) is 16.5 Å². The summed E-state index contributed by atoms with van der Waals surface area (Å²) in [6.07, 6.45) is 10.7. The highest BCUT2D eigenvalue weighted by Gasteiger charge is 2.34. The van der Waals surface area contributed by atoms with E-state index in [1.807, 2.05) is 25.5 Å². The van der Waals surface area contributed by atoms with Crippen molar-refractivity contribution >= 4 is 18.1 Å². The number of carbonyl (C=O) groups excluding carboxylic acids is 2. The van der Waals surface area contributed by atoms with Crippen molar-refractivity contribution in [2.45, 2.75) is 78.4 Å². The van der Waals surface area contributed by atoms with Crippen LogP contribution in [0.15, 0.2) is 18.1 Å². The van der Waals surface area contributed by atoms with E-state index >= 15 is 0 Å². The maximum absolute atomic E-state index is 12.9. The first-order chi connectivity index (χ1) is 13.1. The molecule has 1 saturated carbocycles. The number of rotatable bonds is 2. The lowest BCUT2D eigenvalue weighted by atomic mass is 9.87. The summed E-state index contributed by atoms with van der Waals surface area (Å²) in [6.45, 7) is 10.2. The van der Waals surface area contributed by atoms with Crippen LogP contribution >= 0.6 is 0 Å². The molecule has 2 fully saturated rings. The number of ether oxygens (including phenoxy) is 1. The quantitative estimate of drug-likeness (QED) is 0.682. The Morgan fingerprint density at radius 3 is 2.50 bits per heavy atom. The van der Waals surface area contributed by atoms with Crippen molar-refractivity contribution < 1.29 is 14.3 Å². The van der Waals surface area contributed by atoms with E-state index in [0.29, 0.717) is 24.6 Å². The van der Waals surface area contributed by atoms with Gasteiger partial charge in [0.2, 0.25) is 0 Å². The van der Waals surface area contributed by atoms with E-state index in [4.69, 9.17) is 4.74 Å². The predicted molar refractivity (Wildman–Crippen MR) is 109 cm³/mol. The molecule has 1 aliphatic heterocycles. The highest BCUT2D eigenvalue weighted by atomic mass is 16.6. The first-order valence-corrected chi connectivity index (χ1v) is 10.4. The molecule has 1 aromatic rings. The average Bonchev–Trinajstić information content (AvgIpc) is 3.05. The minimum Gasteiger partial charge on any atom is -0.443 e. The van der Waals surface area contributed by atoms with Crippen molar-refractivity contribution in [3.8, 4) is 0 Å². The number of piperidine rings is 1. The third-order valence-electron chi connectivity index (χ3n) is 5.55. The second-order valence-electron chi connectivity index (χ2n) is 9.53. The molecule has 0 bridgehead atoms. The number of amides is 2. The summed E-state index contributed by atoms with van der Waals surface area (Å²) < 4.78 is 7.59. The van der Waals surface area contributed by atoms with Crippen LogP contribution in [0.4, 0.5) is 4.79 Å². The van der Waals surface area contributed by atoms with E-state index in [1.54, 1.807) is 20.8 Å². The normalized spacial score (nSPS) is 27.9. The summed E-state index contributed by atoms with van der Waals surface area (Å²) in [5, 5.41) is 0. The number of likely N-dealkylation sites (tertiary alicyclic amines) is 1. The average molecular weight is 388 g/mol. The molecule has 1 atom stereocenters. The van der Waals surface area contributed by atoms with Gasteiger partial charge >= 0.3 is 6.09 Å². The molecule has 0 spiro atoms. The van der Waals surface area contributed by atoms with Crippen LogP contribution in [-0.4, -0.2) is 38.6 Å². The van der Waals surface area contributed by atoms with Crippen LogP contribution in [0.1, 0.15) is 78.5 Å². The van der Waals surface area contributed by atoms with Gasteiger partial charge in [-0.25, -0.2) is 14.7 Å². The van der Waals surface area contributed by atoms with Gasteiger partial charge < -0.3 is 9.30 Å². The van der Waals surface area contributed by atoms with Crippen LogP contribution in [0, 0.1) is 11.8 Å². The second kappa shape index (κ2) is 8.10. The molecule has 2 aliphatic rings. The highest BCUT2D eigenvalue weighted by Crippen LogP contribution is 2.32. The molecule has 0 aromatic carbocycles. The first kappa shape index (κ1) is 20.6. The SMILES string of the molecule is CC1CCC(n2cnc(C=C3C[C@@H](C)CN(C(=O)OC(C)(C)C)C3=O)c2)CC1. The molecule has 0 unspecified atom stereocenters. The molecule has 0 N–H and O–H groups in total. The number of aromatic nitrogens is 2. The van der Waals surface area contributed by atoms with E-state index in [-0.39, 0.29) is 11.8 Å². The lowest BCUT2D eigenvalue weighted by Gasteiger charge is -2.32. The molecule has 3 rings (SSSR count). The van der Waals surface area contributed by atoms with E-state index < -0.39 is 11.7 Å². The molecule has 6 nitrogen and oxygen atoms in total. The monoisotopic (exact) mass is 387 g/mol. The smallest absolute Gasteiger partial charge is 0.417 e. The van der Waals surface area contributed by atoms with Crippen molar-refractivity contribution in [2.24, 2.45) is 11.8 Å². The molecular weight excluding hydrogens is 354 g/mol. The lowest BCUT2D eigenvalue weighted by molar-refractivity contribution is -0.128. The molecule has 28 heavy (non-hydrogen) atoms. The van der Waals surface area contributed by atoms with Gasteiger partial charge in [0, 0.05) is 24.4 Å². The van der Waals surface area contributed by atoms with Crippen molar-refractivity contribution in [1.29, 1.82) is 0 Å². The largest absolute Gasteiger partial charge is 0.443 e. The Morgan fingerprint density at radius 1 is 1.18 bits per heavy atom. The van der Waals surface area contributed by atoms with Gasteiger partial charge in [0.1, 0.15) is 5.60 Å². The van der Waals surface area contributed by atoms with Gasteiger partial charge in [0.15, 0.2) is 0 Å². The standard InChI is InChI=1S/C22H33N3O3/c1-15-6-8-19(9-7-15)24-13-18(23-14-24)11-17-10-16(2)12-25(20(17)26)21(27)28-22(3,4)5/h11,13-16,19H,6-10,12H2,1-5H3/t15?,16-,19?/m1/s1. The van der Waals surface area contributed by atoms with E-state index in [1.165, 1.54) is 30.6 Å². The Hall–Kier alpha value is -2.11. The number of imidazole rings is 1. The molecule has 1 aliphatic carbocycles. The molecule has 154 valence electrons. The van der Waals surface area contributed by atoms with Gasteiger partial charge in [-0.2, -0.15) is 0 Å². The molecule has 2 heterocycles. The van der Waals surface area contributed by atoms with Gasteiger partial charge in [0.05, 0.1) is 12.0 Å². The van der Waals surface area contributed by atoms with Crippen LogP contribution in [0.2, 0.25) is 0 Å². The van der Waals surface area contributed by atoms with Crippen molar-refractivity contribution in [1.82, 2.24) is 14.5 Å². The van der Waals surface area contributed by atoms with Crippen LogP contribution < -0.4 is 0 Å². The van der Waals surface area contributed by atoms with E-state index in [9.17, 15) is 9.59 Å². The molecule has 0 radical (unpaired) electrons. The third-order valence-corrected chi connectivity index (χ3v) is 5.55. The van der Waals surface area contributed by atoms with Gasteiger partial charge in [-0.3, -0.25) is 4.79 Å². The molecule has 6 heteroatoms.